The number of aliphatic hydroxyl groups is 1. The molecule has 19 heavy (non-hydrogen) atoms. The standard InChI is InChI=1S/C14H18N2O2S/c1-14(2)13(18)15-6-7-16(14)10-12-11(4-3-8-17)5-9-19-12/h5,9,17H,6-8,10H2,1-2H3,(H,15,18). The number of nitrogens with one attached hydrogen (secondary N) is 1. The number of hydrogen-bond acceptors (Lipinski definition) is 4. The second-order valence-electron chi connectivity index (χ2n) is 4.95. The van der Waals surface area contributed by atoms with Crippen LogP contribution in [0.25, 0.3) is 0 Å². The summed E-state index contributed by atoms with van der Waals surface area (Å²) in [4.78, 5) is 15.2. The number of carbonyl (C=O) groups excluding carboxylic acids is 1. The summed E-state index contributed by atoms with van der Waals surface area (Å²) in [6.07, 6.45) is 0. The molecule has 0 aromatic carbocycles. The first-order valence-corrected chi connectivity index (χ1v) is 7.13. The van der Waals surface area contributed by atoms with Gasteiger partial charge in [0.25, 0.3) is 0 Å². The molecule has 1 fully saturated rings. The van der Waals surface area contributed by atoms with Crippen molar-refractivity contribution < 1.29 is 9.90 Å². The van der Waals surface area contributed by atoms with Crippen molar-refractivity contribution in [2.75, 3.05) is 19.7 Å². The van der Waals surface area contributed by atoms with Crippen molar-refractivity contribution in [2.45, 2.75) is 25.9 Å². The first kappa shape index (κ1) is 14.1. The van der Waals surface area contributed by atoms with Gasteiger partial charge in [-0.25, -0.2) is 0 Å². The minimum atomic E-state index is -0.496. The Bertz CT molecular complexity index is 525. The number of amides is 1. The molecule has 0 aliphatic carbocycles. The Morgan fingerprint density at radius 3 is 3.11 bits per heavy atom. The molecule has 0 radical (unpaired) electrons. The Morgan fingerprint density at radius 2 is 2.37 bits per heavy atom. The van der Waals surface area contributed by atoms with Crippen molar-refractivity contribution in [3.8, 4) is 11.8 Å². The van der Waals surface area contributed by atoms with Crippen molar-refractivity contribution in [3.63, 3.8) is 0 Å². The molecule has 0 saturated carbocycles. The third-order valence-corrected chi connectivity index (χ3v) is 4.30. The van der Waals surface area contributed by atoms with E-state index in [1.807, 2.05) is 25.3 Å². The molecule has 1 amide bonds. The molecule has 2 rings (SSSR count). The highest BCUT2D eigenvalue weighted by molar-refractivity contribution is 7.10. The zero-order chi connectivity index (χ0) is 13.9. The van der Waals surface area contributed by atoms with E-state index in [0.717, 1.165) is 17.0 Å². The molecule has 102 valence electrons. The summed E-state index contributed by atoms with van der Waals surface area (Å²) >= 11 is 1.64. The average Bonchev–Trinajstić information content (AvgIpc) is 2.80. The quantitative estimate of drug-likeness (QED) is 0.787. The number of rotatable bonds is 2. The molecule has 1 aliphatic heterocycles. The van der Waals surface area contributed by atoms with Gasteiger partial charge >= 0.3 is 0 Å². The third kappa shape index (κ3) is 2.98. The average molecular weight is 278 g/mol. The van der Waals surface area contributed by atoms with E-state index in [4.69, 9.17) is 5.11 Å². The maximum absolute atomic E-state index is 11.9. The largest absolute Gasteiger partial charge is 0.384 e. The van der Waals surface area contributed by atoms with E-state index in [0.29, 0.717) is 13.1 Å². The van der Waals surface area contributed by atoms with Gasteiger partial charge in [-0.15, -0.1) is 11.3 Å². The number of aliphatic hydroxyl groups excluding tert-OH is 1. The molecular formula is C14H18N2O2S. The number of piperazine rings is 1. The first-order chi connectivity index (χ1) is 9.05. The molecule has 4 nitrogen and oxygen atoms in total. The molecule has 0 unspecified atom stereocenters. The van der Waals surface area contributed by atoms with Crippen LogP contribution >= 0.6 is 11.3 Å². The van der Waals surface area contributed by atoms with Gasteiger partial charge < -0.3 is 10.4 Å². The van der Waals surface area contributed by atoms with E-state index in [2.05, 4.69) is 22.1 Å². The van der Waals surface area contributed by atoms with Crippen LogP contribution in [-0.2, 0) is 11.3 Å². The minimum absolute atomic E-state index is 0.0679. The van der Waals surface area contributed by atoms with Crippen molar-refractivity contribution >= 4 is 17.2 Å². The Hall–Kier alpha value is -1.35. The molecule has 2 N–H and O–H groups in total. The van der Waals surface area contributed by atoms with Crippen LogP contribution in [0.4, 0.5) is 0 Å². The van der Waals surface area contributed by atoms with Gasteiger partial charge in [-0.05, 0) is 25.3 Å². The molecular weight excluding hydrogens is 260 g/mol. The lowest BCUT2D eigenvalue weighted by Crippen LogP contribution is -2.61. The molecule has 1 aromatic heterocycles. The fourth-order valence-electron chi connectivity index (χ4n) is 2.10. The maximum atomic E-state index is 11.9. The molecule has 1 saturated heterocycles. The fourth-order valence-corrected chi connectivity index (χ4v) is 2.95. The lowest BCUT2D eigenvalue weighted by molar-refractivity contribution is -0.135. The SMILES string of the molecule is CC1(C)C(=O)NCCN1Cc1sccc1C#CCO. The Morgan fingerprint density at radius 1 is 1.58 bits per heavy atom. The Kier molecular flexibility index (Phi) is 4.25. The van der Waals surface area contributed by atoms with Gasteiger partial charge in [0.1, 0.15) is 6.61 Å². The summed E-state index contributed by atoms with van der Waals surface area (Å²) in [5.74, 6) is 5.69. The van der Waals surface area contributed by atoms with E-state index in [9.17, 15) is 4.79 Å². The number of nitrogens with zero attached hydrogens (tertiary/aromatic N) is 1. The van der Waals surface area contributed by atoms with Crippen LogP contribution < -0.4 is 5.32 Å². The maximum Gasteiger partial charge on any atom is 0.240 e. The summed E-state index contributed by atoms with van der Waals surface area (Å²) in [5.41, 5.74) is 0.449. The fraction of sp³-hybridized carbons (Fsp3) is 0.500. The molecule has 0 spiro atoms. The molecule has 2 heterocycles. The number of hydrogen-bond donors (Lipinski definition) is 2. The second kappa shape index (κ2) is 5.74. The highest BCUT2D eigenvalue weighted by Crippen LogP contribution is 2.24. The molecule has 1 aromatic rings. The van der Waals surface area contributed by atoms with Crippen LogP contribution in [0, 0.1) is 11.8 Å². The van der Waals surface area contributed by atoms with Crippen molar-refractivity contribution in [2.24, 2.45) is 0 Å². The monoisotopic (exact) mass is 278 g/mol. The lowest BCUT2D eigenvalue weighted by atomic mass is 9.98. The van der Waals surface area contributed by atoms with Crippen LogP contribution in [0.15, 0.2) is 11.4 Å². The zero-order valence-electron chi connectivity index (χ0n) is 11.2. The summed E-state index contributed by atoms with van der Waals surface area (Å²) in [5, 5.41) is 13.6. The van der Waals surface area contributed by atoms with Crippen LogP contribution in [0.1, 0.15) is 24.3 Å². The minimum Gasteiger partial charge on any atom is -0.384 e. The van der Waals surface area contributed by atoms with Gasteiger partial charge in [-0.1, -0.05) is 11.8 Å². The van der Waals surface area contributed by atoms with E-state index >= 15 is 0 Å². The predicted octanol–water partition coefficient (Wildman–Crippen LogP) is 0.802. The van der Waals surface area contributed by atoms with Gasteiger partial charge in [0.2, 0.25) is 5.91 Å². The number of carbonyl (C=O) groups is 1. The van der Waals surface area contributed by atoms with E-state index in [1.165, 1.54) is 0 Å². The Balaban J connectivity index is 2.17. The van der Waals surface area contributed by atoms with Gasteiger partial charge in [-0.3, -0.25) is 9.69 Å². The molecule has 5 heteroatoms. The predicted molar refractivity (Wildman–Crippen MR) is 75.8 cm³/mol. The van der Waals surface area contributed by atoms with E-state index in [1.54, 1.807) is 11.3 Å². The highest BCUT2D eigenvalue weighted by Gasteiger charge is 2.37. The number of thiophene rings is 1. The summed E-state index contributed by atoms with van der Waals surface area (Å²) in [6, 6.07) is 1.96. The topological polar surface area (TPSA) is 52.6 Å². The van der Waals surface area contributed by atoms with Gasteiger partial charge in [-0.2, -0.15) is 0 Å². The second-order valence-corrected chi connectivity index (χ2v) is 5.95. The van der Waals surface area contributed by atoms with Crippen molar-refractivity contribution in [3.05, 3.63) is 21.9 Å². The first-order valence-electron chi connectivity index (χ1n) is 6.25. The summed E-state index contributed by atoms with van der Waals surface area (Å²) < 4.78 is 0. The third-order valence-electron chi connectivity index (χ3n) is 3.40. The van der Waals surface area contributed by atoms with Gasteiger partial charge in [0.15, 0.2) is 0 Å². The zero-order valence-corrected chi connectivity index (χ0v) is 12.0. The molecule has 1 aliphatic rings. The van der Waals surface area contributed by atoms with Crippen molar-refractivity contribution in [1.82, 2.24) is 10.2 Å². The van der Waals surface area contributed by atoms with Crippen LogP contribution in [0.2, 0.25) is 0 Å². The lowest BCUT2D eigenvalue weighted by Gasteiger charge is -2.41. The molecule has 0 bridgehead atoms. The highest BCUT2D eigenvalue weighted by atomic mass is 32.1. The van der Waals surface area contributed by atoms with E-state index < -0.39 is 5.54 Å². The van der Waals surface area contributed by atoms with Gasteiger partial charge in [0, 0.05) is 30.1 Å². The normalized spacial score (nSPS) is 18.6. The van der Waals surface area contributed by atoms with Crippen LogP contribution in [0.5, 0.6) is 0 Å². The van der Waals surface area contributed by atoms with Gasteiger partial charge in [0.05, 0.1) is 5.54 Å². The van der Waals surface area contributed by atoms with Crippen molar-refractivity contribution in [1.29, 1.82) is 0 Å². The summed E-state index contributed by atoms with van der Waals surface area (Å²) in [6.45, 7) is 5.98. The van der Waals surface area contributed by atoms with Crippen LogP contribution in [0.3, 0.4) is 0 Å². The smallest absolute Gasteiger partial charge is 0.240 e. The molecule has 0 atom stereocenters. The summed E-state index contributed by atoms with van der Waals surface area (Å²) in [7, 11) is 0. The van der Waals surface area contributed by atoms with E-state index in [-0.39, 0.29) is 12.5 Å². The van der Waals surface area contributed by atoms with Crippen LogP contribution in [-0.4, -0.2) is 41.1 Å². The Labute approximate surface area is 117 Å².